The van der Waals surface area contributed by atoms with Crippen LogP contribution in [0.4, 0.5) is 0 Å². The lowest BCUT2D eigenvalue weighted by Crippen LogP contribution is -2.59. The van der Waals surface area contributed by atoms with Crippen molar-refractivity contribution in [2.24, 2.45) is 34.5 Å². The summed E-state index contributed by atoms with van der Waals surface area (Å²) in [6.45, 7) is 4.53. The van der Waals surface area contributed by atoms with Crippen LogP contribution in [-0.2, 0) is 9.59 Å². The molecule has 0 saturated heterocycles. The molecule has 0 bridgehead atoms. The third-order valence-electron chi connectivity index (χ3n) is 7.98. The van der Waals surface area contributed by atoms with Gasteiger partial charge in [0.15, 0.2) is 0 Å². The third kappa shape index (κ3) is 1.96. The highest BCUT2D eigenvalue weighted by molar-refractivity contribution is 5.89. The fraction of sp³-hybridized carbons (Fsp3) is 0.789. The summed E-state index contributed by atoms with van der Waals surface area (Å²) in [5, 5.41) is 12.8. The topological polar surface area (TPSA) is 66.4 Å². The first kappa shape index (κ1) is 15.2. The van der Waals surface area contributed by atoms with Crippen molar-refractivity contribution in [1.82, 2.24) is 5.32 Å². The van der Waals surface area contributed by atoms with Crippen LogP contribution < -0.4 is 5.32 Å². The molecule has 1 aliphatic heterocycles. The van der Waals surface area contributed by atoms with E-state index in [-0.39, 0.29) is 28.7 Å². The van der Waals surface area contributed by atoms with Gasteiger partial charge >= 0.3 is 5.97 Å². The lowest BCUT2D eigenvalue weighted by molar-refractivity contribution is -0.150. The average Bonchev–Trinajstić information content (AvgIpc) is 2.85. The minimum atomic E-state index is -0.599. The molecule has 1 heterocycles. The summed E-state index contributed by atoms with van der Waals surface area (Å²) in [5.74, 6) is 0.992. The van der Waals surface area contributed by atoms with Crippen molar-refractivity contribution >= 4 is 11.9 Å². The zero-order chi connectivity index (χ0) is 16.4. The molecule has 0 spiro atoms. The summed E-state index contributed by atoms with van der Waals surface area (Å²) in [5.41, 5.74) is 0.0112. The summed E-state index contributed by atoms with van der Waals surface area (Å²) >= 11 is 0. The van der Waals surface area contributed by atoms with Crippen molar-refractivity contribution in [2.75, 3.05) is 0 Å². The summed E-state index contributed by atoms with van der Waals surface area (Å²) < 4.78 is 0. The van der Waals surface area contributed by atoms with E-state index in [4.69, 9.17) is 0 Å². The number of carboxylic acids is 1. The van der Waals surface area contributed by atoms with Gasteiger partial charge in [0.05, 0.1) is 5.92 Å². The highest BCUT2D eigenvalue weighted by Crippen LogP contribution is 2.64. The number of rotatable bonds is 1. The van der Waals surface area contributed by atoms with Crippen LogP contribution in [0, 0.1) is 34.5 Å². The monoisotopic (exact) mass is 317 g/mol. The van der Waals surface area contributed by atoms with Crippen molar-refractivity contribution < 1.29 is 14.7 Å². The predicted octanol–water partition coefficient (Wildman–Crippen LogP) is 2.98. The summed E-state index contributed by atoms with van der Waals surface area (Å²) in [6, 6.07) is 0.252. The molecule has 126 valence electrons. The fourth-order valence-electron chi connectivity index (χ4n) is 6.74. The summed E-state index contributed by atoms with van der Waals surface area (Å²) in [4.78, 5) is 23.4. The Morgan fingerprint density at radius 2 is 1.96 bits per heavy atom. The number of amides is 1. The molecule has 4 aliphatic rings. The van der Waals surface area contributed by atoms with Crippen LogP contribution in [0.3, 0.4) is 0 Å². The summed E-state index contributed by atoms with van der Waals surface area (Å²) in [7, 11) is 0. The second-order valence-electron chi connectivity index (χ2n) is 8.73. The Balaban J connectivity index is 1.66. The van der Waals surface area contributed by atoms with Crippen molar-refractivity contribution in [3.05, 3.63) is 12.2 Å². The first-order valence-corrected chi connectivity index (χ1v) is 9.09. The number of carboxylic acid groups (broad SMARTS) is 1. The first-order chi connectivity index (χ1) is 10.9. The average molecular weight is 317 g/mol. The van der Waals surface area contributed by atoms with Crippen molar-refractivity contribution in [3.63, 3.8) is 0 Å². The van der Waals surface area contributed by atoms with Crippen molar-refractivity contribution in [2.45, 2.75) is 58.4 Å². The molecular formula is C19H27NO3. The van der Waals surface area contributed by atoms with Crippen LogP contribution >= 0.6 is 0 Å². The molecule has 4 heteroatoms. The maximum Gasteiger partial charge on any atom is 0.307 e. The van der Waals surface area contributed by atoms with E-state index in [1.807, 2.05) is 0 Å². The maximum absolute atomic E-state index is 11.7. The van der Waals surface area contributed by atoms with Crippen LogP contribution in [0.25, 0.3) is 0 Å². The fourth-order valence-corrected chi connectivity index (χ4v) is 6.74. The van der Waals surface area contributed by atoms with Gasteiger partial charge in [-0.05, 0) is 67.8 Å². The molecule has 4 nitrogen and oxygen atoms in total. The minimum Gasteiger partial charge on any atom is -0.481 e. The van der Waals surface area contributed by atoms with Crippen LogP contribution in [0.1, 0.15) is 52.4 Å². The van der Waals surface area contributed by atoms with Crippen molar-refractivity contribution in [1.29, 1.82) is 0 Å². The second kappa shape index (κ2) is 4.84. The van der Waals surface area contributed by atoms with Gasteiger partial charge in [-0.15, -0.1) is 0 Å². The van der Waals surface area contributed by atoms with E-state index in [1.165, 1.54) is 0 Å². The van der Waals surface area contributed by atoms with Gasteiger partial charge in [-0.25, -0.2) is 0 Å². The standard InChI is InChI=1S/C19H27NO3/c1-18-9-7-13-11(12(18)4-5-14(18)17(22)23)3-6-15-19(13,2)10-8-16(21)20-15/h8,10-15H,3-7,9H2,1-2H3,(H,20,21)(H,22,23)/t11-,12-,13-,14+,15?,18-,19+/m0/s1. The Hall–Kier alpha value is -1.32. The van der Waals surface area contributed by atoms with Crippen LogP contribution in [0.5, 0.6) is 0 Å². The van der Waals surface area contributed by atoms with Gasteiger partial charge in [-0.2, -0.15) is 0 Å². The van der Waals surface area contributed by atoms with E-state index in [1.54, 1.807) is 6.08 Å². The van der Waals surface area contributed by atoms with Gasteiger partial charge in [-0.1, -0.05) is 19.9 Å². The molecule has 3 aliphatic carbocycles. The van der Waals surface area contributed by atoms with Gasteiger partial charge in [-0.3, -0.25) is 9.59 Å². The molecule has 23 heavy (non-hydrogen) atoms. The molecule has 0 aromatic carbocycles. The van der Waals surface area contributed by atoms with Crippen LogP contribution in [0.15, 0.2) is 12.2 Å². The van der Waals surface area contributed by atoms with E-state index in [0.717, 1.165) is 38.5 Å². The number of hydrogen-bond donors (Lipinski definition) is 2. The molecule has 1 amide bonds. The Morgan fingerprint density at radius 3 is 2.70 bits per heavy atom. The van der Waals surface area contributed by atoms with Crippen molar-refractivity contribution in [3.8, 4) is 0 Å². The maximum atomic E-state index is 11.7. The largest absolute Gasteiger partial charge is 0.481 e. The van der Waals surface area contributed by atoms with E-state index in [2.05, 4.69) is 25.2 Å². The first-order valence-electron chi connectivity index (χ1n) is 9.09. The van der Waals surface area contributed by atoms with E-state index in [0.29, 0.717) is 17.8 Å². The molecule has 0 aromatic heterocycles. The Bertz CT molecular complexity index is 585. The molecule has 3 fully saturated rings. The number of carbonyl (C=O) groups excluding carboxylic acids is 1. The quantitative estimate of drug-likeness (QED) is 0.781. The Labute approximate surface area is 137 Å². The lowest BCUT2D eigenvalue weighted by atomic mass is 9.48. The number of fused-ring (bicyclic) bond motifs is 5. The smallest absolute Gasteiger partial charge is 0.307 e. The lowest BCUT2D eigenvalue weighted by Gasteiger charge is -2.58. The van der Waals surface area contributed by atoms with Gasteiger partial charge < -0.3 is 10.4 Å². The van der Waals surface area contributed by atoms with Crippen LogP contribution in [-0.4, -0.2) is 23.0 Å². The zero-order valence-corrected chi connectivity index (χ0v) is 14.0. The molecule has 2 N–H and O–H groups in total. The highest BCUT2D eigenvalue weighted by Gasteiger charge is 2.60. The molecule has 1 unspecified atom stereocenters. The van der Waals surface area contributed by atoms with Crippen LogP contribution in [0.2, 0.25) is 0 Å². The van der Waals surface area contributed by atoms with E-state index < -0.39 is 5.97 Å². The molecule has 0 radical (unpaired) electrons. The Morgan fingerprint density at radius 1 is 1.17 bits per heavy atom. The summed E-state index contributed by atoms with van der Waals surface area (Å²) in [6.07, 6.45) is 10.0. The SMILES string of the molecule is C[C@]12CC[C@H]3[C@@H](CCC4NC(=O)C=C[C@@]43C)[C@@H]1CC[C@@H]2C(=O)O. The number of carbonyl (C=O) groups is 2. The molecule has 3 saturated carbocycles. The molecule has 0 aromatic rings. The molecule has 7 atom stereocenters. The Kier molecular flexibility index (Phi) is 3.20. The highest BCUT2D eigenvalue weighted by atomic mass is 16.4. The van der Waals surface area contributed by atoms with Gasteiger partial charge in [0.25, 0.3) is 0 Å². The zero-order valence-electron chi connectivity index (χ0n) is 14.0. The van der Waals surface area contributed by atoms with Gasteiger partial charge in [0.1, 0.15) is 0 Å². The van der Waals surface area contributed by atoms with E-state index in [9.17, 15) is 14.7 Å². The van der Waals surface area contributed by atoms with E-state index >= 15 is 0 Å². The molecular weight excluding hydrogens is 290 g/mol. The van der Waals surface area contributed by atoms with Gasteiger partial charge in [0, 0.05) is 11.5 Å². The minimum absolute atomic E-state index is 0.0299. The predicted molar refractivity (Wildman–Crippen MR) is 86.6 cm³/mol. The number of hydrogen-bond acceptors (Lipinski definition) is 2. The number of aliphatic carboxylic acids is 1. The normalized spacial score (nSPS) is 51.4. The molecule has 4 rings (SSSR count). The van der Waals surface area contributed by atoms with Gasteiger partial charge in [0.2, 0.25) is 5.91 Å². The second-order valence-corrected chi connectivity index (χ2v) is 8.73. The number of nitrogens with one attached hydrogen (secondary N) is 1. The third-order valence-corrected chi connectivity index (χ3v) is 7.98.